The van der Waals surface area contributed by atoms with Crippen molar-refractivity contribution in [1.82, 2.24) is 5.32 Å². The molecule has 18 heavy (non-hydrogen) atoms. The van der Waals surface area contributed by atoms with Crippen molar-refractivity contribution in [3.63, 3.8) is 0 Å². The van der Waals surface area contributed by atoms with Gasteiger partial charge in [0, 0.05) is 5.02 Å². The molecule has 0 heterocycles. The fraction of sp³-hybridized carbons (Fsp3) is 0.333. The molecule has 0 aromatic heterocycles. The monoisotopic (exact) mass is 271 g/mol. The van der Waals surface area contributed by atoms with E-state index in [1.54, 1.807) is 31.2 Å². The number of nitrogens with one attached hydrogen (secondary N) is 1. The first-order valence-electron chi connectivity index (χ1n) is 5.43. The highest BCUT2D eigenvalue weighted by atomic mass is 35.5. The van der Waals surface area contributed by atoms with Gasteiger partial charge in [-0.15, -0.1) is 0 Å². The summed E-state index contributed by atoms with van der Waals surface area (Å²) < 4.78 is 5.18. The zero-order valence-corrected chi connectivity index (χ0v) is 10.6. The molecule has 5 nitrogen and oxygen atoms in total. The number of halogens is 1. The van der Waals surface area contributed by atoms with Crippen LogP contribution in [0.1, 0.15) is 13.3 Å². The van der Waals surface area contributed by atoms with E-state index in [1.807, 2.05) is 0 Å². The first-order valence-corrected chi connectivity index (χ1v) is 5.81. The zero-order chi connectivity index (χ0) is 13.5. The zero-order valence-electron chi connectivity index (χ0n) is 9.85. The van der Waals surface area contributed by atoms with Crippen LogP contribution in [0.5, 0.6) is 5.75 Å². The van der Waals surface area contributed by atoms with E-state index in [-0.39, 0.29) is 6.61 Å². The average Bonchev–Trinajstić information content (AvgIpc) is 2.33. The molecule has 0 aliphatic rings. The average molecular weight is 272 g/mol. The van der Waals surface area contributed by atoms with E-state index in [0.29, 0.717) is 17.2 Å². The number of carboxylic acid groups (broad SMARTS) is 1. The molecule has 98 valence electrons. The summed E-state index contributed by atoms with van der Waals surface area (Å²) in [5.74, 6) is -1.08. The van der Waals surface area contributed by atoms with Crippen molar-refractivity contribution in [2.45, 2.75) is 19.4 Å². The molecule has 1 atom stereocenters. The minimum absolute atomic E-state index is 0.246. The minimum Gasteiger partial charge on any atom is -0.484 e. The molecule has 1 aromatic carbocycles. The van der Waals surface area contributed by atoms with Crippen LogP contribution in [-0.4, -0.2) is 29.6 Å². The third-order valence-electron chi connectivity index (χ3n) is 2.21. The summed E-state index contributed by atoms with van der Waals surface area (Å²) in [6.45, 7) is 1.43. The number of carboxylic acids is 1. The van der Waals surface area contributed by atoms with E-state index in [2.05, 4.69) is 5.32 Å². The van der Waals surface area contributed by atoms with Gasteiger partial charge in [0.1, 0.15) is 11.8 Å². The first kappa shape index (κ1) is 14.3. The molecule has 0 saturated carbocycles. The second-order valence-corrected chi connectivity index (χ2v) is 4.05. The Bertz CT molecular complexity index is 436. The largest absolute Gasteiger partial charge is 0.484 e. The quantitative estimate of drug-likeness (QED) is 0.826. The molecule has 6 heteroatoms. The molecule has 0 bridgehead atoms. The summed E-state index contributed by atoms with van der Waals surface area (Å²) in [5.41, 5.74) is 0. The van der Waals surface area contributed by atoms with Gasteiger partial charge in [-0.3, -0.25) is 4.79 Å². The van der Waals surface area contributed by atoms with Gasteiger partial charge in [-0.1, -0.05) is 24.6 Å². The lowest BCUT2D eigenvalue weighted by Crippen LogP contribution is -2.42. The van der Waals surface area contributed by atoms with Crippen molar-refractivity contribution in [2.75, 3.05) is 6.61 Å². The van der Waals surface area contributed by atoms with Crippen LogP contribution in [-0.2, 0) is 9.59 Å². The van der Waals surface area contributed by atoms with Crippen molar-refractivity contribution >= 4 is 23.5 Å². The third-order valence-corrected chi connectivity index (χ3v) is 2.44. The lowest BCUT2D eigenvalue weighted by molar-refractivity contribution is -0.142. The molecular weight excluding hydrogens is 258 g/mol. The Morgan fingerprint density at radius 3 is 2.78 bits per heavy atom. The Balaban J connectivity index is 2.44. The van der Waals surface area contributed by atoms with E-state index < -0.39 is 17.9 Å². The number of rotatable bonds is 6. The summed E-state index contributed by atoms with van der Waals surface area (Å²) in [7, 11) is 0. The number of benzene rings is 1. The van der Waals surface area contributed by atoms with Crippen molar-refractivity contribution in [1.29, 1.82) is 0 Å². The fourth-order valence-corrected chi connectivity index (χ4v) is 1.46. The molecule has 0 fully saturated rings. The Kier molecular flexibility index (Phi) is 5.45. The van der Waals surface area contributed by atoms with Gasteiger partial charge in [0.05, 0.1) is 0 Å². The first-order chi connectivity index (χ1) is 8.52. The van der Waals surface area contributed by atoms with Gasteiger partial charge in [0.2, 0.25) is 0 Å². The molecule has 0 aliphatic heterocycles. The summed E-state index contributed by atoms with van der Waals surface area (Å²) in [6.07, 6.45) is 0.318. The molecule has 1 rings (SSSR count). The fourth-order valence-electron chi connectivity index (χ4n) is 1.28. The highest BCUT2D eigenvalue weighted by Crippen LogP contribution is 2.16. The van der Waals surface area contributed by atoms with Crippen LogP contribution in [0.15, 0.2) is 24.3 Å². The smallest absolute Gasteiger partial charge is 0.326 e. The maximum Gasteiger partial charge on any atom is 0.326 e. The van der Waals surface area contributed by atoms with Crippen LogP contribution in [0.3, 0.4) is 0 Å². The van der Waals surface area contributed by atoms with Gasteiger partial charge < -0.3 is 15.2 Å². The van der Waals surface area contributed by atoms with Gasteiger partial charge in [-0.05, 0) is 24.6 Å². The van der Waals surface area contributed by atoms with E-state index in [1.165, 1.54) is 0 Å². The lowest BCUT2D eigenvalue weighted by atomic mass is 10.2. The second-order valence-electron chi connectivity index (χ2n) is 3.61. The molecule has 0 saturated heterocycles. The normalized spacial score (nSPS) is 11.7. The standard InChI is InChI=1S/C12H14ClNO4/c1-2-10(12(16)17)14-11(15)7-18-9-5-3-4-8(13)6-9/h3-6,10H,2,7H2,1H3,(H,14,15)(H,16,17)/t10-/m0/s1. The Labute approximate surface area is 110 Å². The Morgan fingerprint density at radius 2 is 2.22 bits per heavy atom. The second kappa shape index (κ2) is 6.86. The van der Waals surface area contributed by atoms with Crippen LogP contribution in [0, 0.1) is 0 Å². The summed E-state index contributed by atoms with van der Waals surface area (Å²) in [4.78, 5) is 22.2. The maximum absolute atomic E-state index is 11.4. The Morgan fingerprint density at radius 1 is 1.50 bits per heavy atom. The number of hydrogen-bond acceptors (Lipinski definition) is 3. The number of ether oxygens (including phenoxy) is 1. The van der Waals surface area contributed by atoms with Crippen LogP contribution < -0.4 is 10.1 Å². The number of aliphatic carboxylic acids is 1. The molecule has 0 radical (unpaired) electrons. The van der Waals surface area contributed by atoms with Gasteiger partial charge in [0.15, 0.2) is 6.61 Å². The molecule has 0 unspecified atom stereocenters. The summed E-state index contributed by atoms with van der Waals surface area (Å²) in [5, 5.41) is 11.6. The number of amides is 1. The number of carbonyl (C=O) groups excluding carboxylic acids is 1. The molecule has 1 aromatic rings. The molecule has 2 N–H and O–H groups in total. The highest BCUT2D eigenvalue weighted by molar-refractivity contribution is 6.30. The lowest BCUT2D eigenvalue weighted by Gasteiger charge is -2.12. The summed E-state index contributed by atoms with van der Waals surface area (Å²) >= 11 is 5.75. The SMILES string of the molecule is CC[C@H](NC(=O)COc1cccc(Cl)c1)C(=O)O. The van der Waals surface area contributed by atoms with E-state index >= 15 is 0 Å². The predicted molar refractivity (Wildman–Crippen MR) is 66.8 cm³/mol. The van der Waals surface area contributed by atoms with Crippen molar-refractivity contribution in [3.8, 4) is 5.75 Å². The number of carbonyl (C=O) groups is 2. The van der Waals surface area contributed by atoms with Crippen LogP contribution >= 0.6 is 11.6 Å². The Hall–Kier alpha value is -1.75. The molecule has 0 spiro atoms. The van der Waals surface area contributed by atoms with Gasteiger partial charge in [-0.2, -0.15) is 0 Å². The highest BCUT2D eigenvalue weighted by Gasteiger charge is 2.17. The topological polar surface area (TPSA) is 75.6 Å². The van der Waals surface area contributed by atoms with E-state index in [4.69, 9.17) is 21.4 Å². The molecular formula is C12H14ClNO4. The molecule has 1 amide bonds. The van der Waals surface area contributed by atoms with Gasteiger partial charge >= 0.3 is 5.97 Å². The van der Waals surface area contributed by atoms with E-state index in [9.17, 15) is 9.59 Å². The van der Waals surface area contributed by atoms with Crippen molar-refractivity contribution in [3.05, 3.63) is 29.3 Å². The molecule has 0 aliphatic carbocycles. The minimum atomic E-state index is -1.06. The maximum atomic E-state index is 11.4. The van der Waals surface area contributed by atoms with Crippen LogP contribution in [0.2, 0.25) is 5.02 Å². The van der Waals surface area contributed by atoms with Crippen LogP contribution in [0.4, 0.5) is 0 Å². The third kappa shape index (κ3) is 4.63. The number of hydrogen-bond donors (Lipinski definition) is 2. The predicted octanol–water partition coefficient (Wildman–Crippen LogP) is 1.70. The van der Waals surface area contributed by atoms with Crippen LogP contribution in [0.25, 0.3) is 0 Å². The summed E-state index contributed by atoms with van der Waals surface area (Å²) in [6, 6.07) is 5.73. The van der Waals surface area contributed by atoms with E-state index in [0.717, 1.165) is 0 Å². The van der Waals surface area contributed by atoms with Gasteiger partial charge in [0.25, 0.3) is 5.91 Å². The van der Waals surface area contributed by atoms with Crippen molar-refractivity contribution in [2.24, 2.45) is 0 Å². The van der Waals surface area contributed by atoms with Crippen molar-refractivity contribution < 1.29 is 19.4 Å². The van der Waals surface area contributed by atoms with Gasteiger partial charge in [-0.25, -0.2) is 4.79 Å².